The smallest absolute Gasteiger partial charge is 0.329 e. The number of fused-ring (bicyclic) bond motifs is 2. The van der Waals surface area contributed by atoms with Crippen molar-refractivity contribution in [1.82, 2.24) is 14.1 Å². The van der Waals surface area contributed by atoms with Gasteiger partial charge in [-0.25, -0.2) is 13.6 Å². The van der Waals surface area contributed by atoms with Crippen molar-refractivity contribution in [3.63, 3.8) is 0 Å². The van der Waals surface area contributed by atoms with Gasteiger partial charge in [0, 0.05) is 36.4 Å². The van der Waals surface area contributed by atoms with Gasteiger partial charge < -0.3 is 4.43 Å². The van der Waals surface area contributed by atoms with E-state index in [1.165, 1.54) is 16.4 Å². The molecule has 266 valence electrons. The van der Waals surface area contributed by atoms with Crippen LogP contribution in [0, 0.1) is 11.6 Å². The number of aryl methyl sites for hydroxylation is 1. The largest absolute Gasteiger partial charge is 0.407 e. The van der Waals surface area contributed by atoms with Crippen LogP contribution in [0.1, 0.15) is 84.0 Å². The number of hydrogen-bond donors (Lipinski definition) is 0. The highest BCUT2D eigenvalue weighted by molar-refractivity contribution is 6.99. The lowest BCUT2D eigenvalue weighted by atomic mass is 9.99. The van der Waals surface area contributed by atoms with E-state index >= 15 is 0 Å². The quantitative estimate of drug-likeness (QED) is 0.0839. The molecule has 6 aromatic rings. The van der Waals surface area contributed by atoms with E-state index in [2.05, 4.69) is 100 Å². The highest BCUT2D eigenvalue weighted by Gasteiger charge is 2.49. The summed E-state index contributed by atoms with van der Waals surface area (Å²) in [7, 11) is -2.65. The van der Waals surface area contributed by atoms with Gasteiger partial charge in [0.2, 0.25) is 0 Å². The van der Waals surface area contributed by atoms with Crippen LogP contribution in [0.4, 0.5) is 8.78 Å². The SMILES string of the molecule is CCCC(CC)n1c(=O)n(Cc2ncc3ccccc3c2CCCCO[Si](c2ccccc2)(c2ccccc2)C(C)(C)C)c2cc(F)c(F)cc21. The van der Waals surface area contributed by atoms with Crippen LogP contribution in [-0.2, 0) is 17.4 Å². The standard InChI is InChI=1S/C43H49F2N3O2Si/c1-6-18-32(7-2)48-41-28-38(45)37(44)27-40(41)47(42(48)49)30-39-36(35-24-15-14-19-31(35)29-46-39)25-16-17-26-50-51(43(3,4)5,33-20-10-8-11-21-33)34-22-12-9-13-23-34/h8-15,19-24,27-29,32H,6-7,16-18,25-26,30H2,1-5H3. The number of rotatable bonds is 14. The van der Waals surface area contributed by atoms with Crippen molar-refractivity contribution in [2.75, 3.05) is 6.61 Å². The van der Waals surface area contributed by atoms with Gasteiger partial charge in [-0.1, -0.05) is 126 Å². The molecular weight excluding hydrogens is 657 g/mol. The monoisotopic (exact) mass is 705 g/mol. The Balaban J connectivity index is 1.32. The summed E-state index contributed by atoms with van der Waals surface area (Å²) >= 11 is 0. The number of aromatic nitrogens is 3. The fourth-order valence-electron chi connectivity index (χ4n) is 7.85. The summed E-state index contributed by atoms with van der Waals surface area (Å²) in [6, 6.07) is 31.7. The van der Waals surface area contributed by atoms with Crippen molar-refractivity contribution in [3.8, 4) is 0 Å². The zero-order valence-corrected chi connectivity index (χ0v) is 31.5. The molecule has 1 unspecified atom stereocenters. The van der Waals surface area contributed by atoms with Crippen LogP contribution >= 0.6 is 0 Å². The first-order valence-electron chi connectivity index (χ1n) is 18.3. The Hall–Kier alpha value is -4.40. The van der Waals surface area contributed by atoms with Crippen molar-refractivity contribution in [1.29, 1.82) is 0 Å². The molecule has 2 aromatic heterocycles. The number of nitrogens with zero attached hydrogens (tertiary/aromatic N) is 3. The van der Waals surface area contributed by atoms with Crippen molar-refractivity contribution >= 4 is 40.5 Å². The average molecular weight is 706 g/mol. The molecule has 51 heavy (non-hydrogen) atoms. The first-order chi connectivity index (χ1) is 24.6. The Morgan fingerprint density at radius 3 is 2.04 bits per heavy atom. The lowest BCUT2D eigenvalue weighted by Crippen LogP contribution is -2.66. The lowest BCUT2D eigenvalue weighted by Gasteiger charge is -2.43. The van der Waals surface area contributed by atoms with E-state index in [1.807, 2.05) is 25.3 Å². The number of imidazole rings is 1. The third-order valence-corrected chi connectivity index (χ3v) is 15.4. The van der Waals surface area contributed by atoms with E-state index in [0.29, 0.717) is 24.1 Å². The number of halogens is 2. The van der Waals surface area contributed by atoms with E-state index in [4.69, 9.17) is 9.41 Å². The minimum absolute atomic E-state index is 0.106. The van der Waals surface area contributed by atoms with Crippen molar-refractivity contribution in [2.24, 2.45) is 0 Å². The molecule has 5 nitrogen and oxygen atoms in total. The first kappa shape index (κ1) is 36.4. The Labute approximate surface area is 301 Å². The minimum atomic E-state index is -2.65. The second-order valence-electron chi connectivity index (χ2n) is 14.6. The van der Waals surface area contributed by atoms with Gasteiger partial charge in [0.15, 0.2) is 11.6 Å². The molecule has 0 radical (unpaired) electrons. The molecule has 8 heteroatoms. The third kappa shape index (κ3) is 7.09. The molecule has 0 aliphatic carbocycles. The predicted molar refractivity (Wildman–Crippen MR) is 208 cm³/mol. The van der Waals surface area contributed by atoms with Crippen LogP contribution in [-0.4, -0.2) is 29.0 Å². The van der Waals surface area contributed by atoms with Crippen LogP contribution in [0.2, 0.25) is 5.04 Å². The summed E-state index contributed by atoms with van der Waals surface area (Å²) in [5.74, 6) is -1.92. The van der Waals surface area contributed by atoms with Gasteiger partial charge in [0.05, 0.1) is 23.3 Å². The minimum Gasteiger partial charge on any atom is -0.407 e. The number of pyridine rings is 1. The highest BCUT2D eigenvalue weighted by Crippen LogP contribution is 2.37. The van der Waals surface area contributed by atoms with Crippen LogP contribution in [0.15, 0.2) is 108 Å². The summed E-state index contributed by atoms with van der Waals surface area (Å²) in [5.41, 5.74) is 2.36. The molecule has 0 saturated carbocycles. The topological polar surface area (TPSA) is 49.0 Å². The third-order valence-electron chi connectivity index (χ3n) is 10.3. The second-order valence-corrected chi connectivity index (χ2v) is 18.9. The molecule has 0 spiro atoms. The fraction of sp³-hybridized carbons (Fsp3) is 0.349. The number of unbranched alkanes of at least 4 members (excludes halogenated alkanes) is 1. The molecule has 6 rings (SSSR count). The van der Waals surface area contributed by atoms with Crippen molar-refractivity contribution < 1.29 is 13.2 Å². The fourth-order valence-corrected chi connectivity index (χ4v) is 12.5. The first-order valence-corrected chi connectivity index (χ1v) is 20.2. The predicted octanol–water partition coefficient (Wildman–Crippen LogP) is 9.33. The number of hydrogen-bond acceptors (Lipinski definition) is 3. The molecule has 0 amide bonds. The number of benzene rings is 4. The van der Waals surface area contributed by atoms with Gasteiger partial charge in [0.1, 0.15) is 0 Å². The van der Waals surface area contributed by atoms with Crippen LogP contribution < -0.4 is 16.1 Å². The average Bonchev–Trinajstić information content (AvgIpc) is 3.38. The summed E-state index contributed by atoms with van der Waals surface area (Å²) in [6.45, 7) is 11.7. The van der Waals surface area contributed by atoms with Crippen LogP contribution in [0.5, 0.6) is 0 Å². The van der Waals surface area contributed by atoms with Crippen LogP contribution in [0.3, 0.4) is 0 Å². The van der Waals surface area contributed by atoms with E-state index < -0.39 is 20.0 Å². The summed E-state index contributed by atoms with van der Waals surface area (Å²) in [4.78, 5) is 19.0. The molecule has 4 aromatic carbocycles. The van der Waals surface area contributed by atoms with Crippen LogP contribution in [0.25, 0.3) is 21.8 Å². The summed E-state index contributed by atoms with van der Waals surface area (Å²) in [5, 5.41) is 4.52. The zero-order valence-electron chi connectivity index (χ0n) is 30.5. The van der Waals surface area contributed by atoms with Gasteiger partial charge in [-0.05, 0) is 58.5 Å². The maximum atomic E-state index is 14.7. The van der Waals surface area contributed by atoms with E-state index in [9.17, 15) is 13.6 Å². The Bertz CT molecular complexity index is 2120. The molecule has 0 N–H and O–H groups in total. The molecule has 2 heterocycles. The Kier molecular flexibility index (Phi) is 11.0. The van der Waals surface area contributed by atoms with E-state index in [0.717, 1.165) is 60.2 Å². The molecule has 0 aliphatic rings. The second kappa shape index (κ2) is 15.5. The molecule has 0 aliphatic heterocycles. The molecule has 0 bridgehead atoms. The molecule has 0 saturated heterocycles. The zero-order chi connectivity index (χ0) is 36.2. The van der Waals surface area contributed by atoms with Crippen molar-refractivity contribution in [2.45, 2.75) is 90.8 Å². The maximum absolute atomic E-state index is 14.7. The van der Waals surface area contributed by atoms with Gasteiger partial charge in [-0.3, -0.25) is 14.1 Å². The van der Waals surface area contributed by atoms with Gasteiger partial charge in [0.25, 0.3) is 8.32 Å². The maximum Gasteiger partial charge on any atom is 0.329 e. The highest BCUT2D eigenvalue weighted by atomic mass is 28.4. The van der Waals surface area contributed by atoms with E-state index in [-0.39, 0.29) is 23.3 Å². The van der Waals surface area contributed by atoms with E-state index in [1.54, 1.807) is 9.13 Å². The normalized spacial score (nSPS) is 12.9. The Morgan fingerprint density at radius 1 is 0.824 bits per heavy atom. The Morgan fingerprint density at radius 2 is 1.43 bits per heavy atom. The lowest BCUT2D eigenvalue weighted by molar-refractivity contribution is 0.288. The van der Waals surface area contributed by atoms with Crippen molar-refractivity contribution in [3.05, 3.63) is 137 Å². The van der Waals surface area contributed by atoms with Gasteiger partial charge in [-0.2, -0.15) is 0 Å². The molecule has 1 atom stereocenters. The molecule has 0 fully saturated rings. The molecular formula is C43H49F2N3O2Si. The summed E-state index contributed by atoms with van der Waals surface area (Å²) < 4.78 is 39.7. The summed E-state index contributed by atoms with van der Waals surface area (Å²) in [6.07, 6.45) is 6.62. The van der Waals surface area contributed by atoms with Gasteiger partial charge >= 0.3 is 5.69 Å². The van der Waals surface area contributed by atoms with Gasteiger partial charge in [-0.15, -0.1) is 0 Å².